The molecule has 0 unspecified atom stereocenters. The molecule has 1 amide bonds. The molecule has 0 saturated heterocycles. The number of carbonyl (C=O) groups excluding carboxylic acids is 1. The molecule has 0 bridgehead atoms. The molecule has 1 aromatic carbocycles. The standard InChI is InChI=1S/C17H25NO3/c1-17(2,20)13-8-10-15(11-9-13)21-12-16(19)18-14-6-4-3-5-7-14/h8-11,14,20H,3-7,12H2,1-2H3,(H,18,19). The molecule has 0 radical (unpaired) electrons. The van der Waals surface area contributed by atoms with Crippen LogP contribution in [-0.4, -0.2) is 23.7 Å². The minimum atomic E-state index is -0.864. The molecule has 2 rings (SSSR count). The highest BCUT2D eigenvalue weighted by atomic mass is 16.5. The summed E-state index contributed by atoms with van der Waals surface area (Å²) in [5.41, 5.74) is -0.0434. The molecular formula is C17H25NO3. The number of aliphatic hydroxyl groups is 1. The number of benzene rings is 1. The van der Waals surface area contributed by atoms with Gasteiger partial charge in [-0.3, -0.25) is 4.79 Å². The van der Waals surface area contributed by atoms with Gasteiger partial charge in [0.15, 0.2) is 6.61 Å². The lowest BCUT2D eigenvalue weighted by atomic mass is 9.95. The first-order chi connectivity index (χ1) is 9.95. The molecule has 1 aliphatic carbocycles. The van der Waals surface area contributed by atoms with Crippen LogP contribution in [0.1, 0.15) is 51.5 Å². The Labute approximate surface area is 126 Å². The van der Waals surface area contributed by atoms with Gasteiger partial charge in [0.25, 0.3) is 5.91 Å². The van der Waals surface area contributed by atoms with Gasteiger partial charge in [-0.05, 0) is 44.4 Å². The molecule has 4 heteroatoms. The highest BCUT2D eigenvalue weighted by Gasteiger charge is 2.17. The molecule has 0 aliphatic heterocycles. The van der Waals surface area contributed by atoms with Crippen LogP contribution in [0, 0.1) is 0 Å². The predicted octanol–water partition coefficient (Wildman–Crippen LogP) is 2.74. The molecule has 4 nitrogen and oxygen atoms in total. The summed E-state index contributed by atoms with van der Waals surface area (Å²) < 4.78 is 5.48. The van der Waals surface area contributed by atoms with Crippen molar-refractivity contribution < 1.29 is 14.6 Å². The number of carbonyl (C=O) groups is 1. The zero-order valence-corrected chi connectivity index (χ0v) is 12.9. The van der Waals surface area contributed by atoms with E-state index in [4.69, 9.17) is 4.74 Å². The molecule has 1 fully saturated rings. The third-order valence-electron chi connectivity index (χ3n) is 3.90. The van der Waals surface area contributed by atoms with E-state index in [-0.39, 0.29) is 12.5 Å². The minimum absolute atomic E-state index is 0.0400. The first-order valence-electron chi connectivity index (χ1n) is 7.70. The summed E-state index contributed by atoms with van der Waals surface area (Å²) in [6.45, 7) is 3.51. The summed E-state index contributed by atoms with van der Waals surface area (Å²) in [7, 11) is 0. The second kappa shape index (κ2) is 6.94. The fourth-order valence-electron chi connectivity index (χ4n) is 2.62. The van der Waals surface area contributed by atoms with E-state index in [2.05, 4.69) is 5.32 Å². The third-order valence-corrected chi connectivity index (χ3v) is 3.90. The third kappa shape index (κ3) is 5.05. The summed E-state index contributed by atoms with van der Waals surface area (Å²) in [6.07, 6.45) is 5.82. The van der Waals surface area contributed by atoms with Crippen molar-refractivity contribution in [3.8, 4) is 5.75 Å². The van der Waals surface area contributed by atoms with Crippen molar-refractivity contribution >= 4 is 5.91 Å². The van der Waals surface area contributed by atoms with Crippen LogP contribution < -0.4 is 10.1 Å². The van der Waals surface area contributed by atoms with Gasteiger partial charge in [0.2, 0.25) is 0 Å². The van der Waals surface area contributed by atoms with Gasteiger partial charge in [-0.25, -0.2) is 0 Å². The van der Waals surface area contributed by atoms with E-state index < -0.39 is 5.60 Å². The summed E-state index contributed by atoms with van der Waals surface area (Å²) in [6, 6.07) is 7.50. The molecule has 1 saturated carbocycles. The monoisotopic (exact) mass is 291 g/mol. The number of amides is 1. The summed E-state index contributed by atoms with van der Waals surface area (Å²) in [5, 5.41) is 12.9. The van der Waals surface area contributed by atoms with Crippen molar-refractivity contribution in [2.75, 3.05) is 6.61 Å². The van der Waals surface area contributed by atoms with Crippen molar-refractivity contribution in [1.29, 1.82) is 0 Å². The Morgan fingerprint density at radius 1 is 1.24 bits per heavy atom. The smallest absolute Gasteiger partial charge is 0.258 e. The minimum Gasteiger partial charge on any atom is -0.484 e. The lowest BCUT2D eigenvalue weighted by Gasteiger charge is -2.22. The molecule has 0 atom stereocenters. The van der Waals surface area contributed by atoms with Crippen LogP contribution in [0.3, 0.4) is 0 Å². The second-order valence-electron chi connectivity index (χ2n) is 6.27. The Morgan fingerprint density at radius 3 is 2.43 bits per heavy atom. The van der Waals surface area contributed by atoms with Crippen LogP contribution in [0.15, 0.2) is 24.3 Å². The van der Waals surface area contributed by atoms with Crippen molar-refractivity contribution in [3.63, 3.8) is 0 Å². The number of ether oxygens (including phenoxy) is 1. The van der Waals surface area contributed by atoms with Gasteiger partial charge in [-0.15, -0.1) is 0 Å². The quantitative estimate of drug-likeness (QED) is 0.877. The lowest BCUT2D eigenvalue weighted by Crippen LogP contribution is -2.38. The molecule has 21 heavy (non-hydrogen) atoms. The summed E-state index contributed by atoms with van der Waals surface area (Å²) in [4.78, 5) is 11.8. The van der Waals surface area contributed by atoms with Gasteiger partial charge in [-0.1, -0.05) is 31.4 Å². The van der Waals surface area contributed by atoms with Crippen molar-refractivity contribution in [2.45, 2.75) is 57.6 Å². The summed E-state index contributed by atoms with van der Waals surface area (Å²) >= 11 is 0. The molecule has 1 aromatic rings. The van der Waals surface area contributed by atoms with E-state index in [1.165, 1.54) is 19.3 Å². The first-order valence-corrected chi connectivity index (χ1v) is 7.70. The fourth-order valence-corrected chi connectivity index (χ4v) is 2.62. The van der Waals surface area contributed by atoms with E-state index in [9.17, 15) is 9.90 Å². The zero-order valence-electron chi connectivity index (χ0n) is 12.9. The first kappa shape index (κ1) is 15.8. The molecule has 116 valence electrons. The largest absolute Gasteiger partial charge is 0.484 e. The highest BCUT2D eigenvalue weighted by molar-refractivity contribution is 5.77. The Balaban J connectivity index is 1.78. The maximum Gasteiger partial charge on any atom is 0.258 e. The van der Waals surface area contributed by atoms with Crippen molar-refractivity contribution in [1.82, 2.24) is 5.32 Å². The SMILES string of the molecule is CC(C)(O)c1ccc(OCC(=O)NC2CCCCC2)cc1. The predicted molar refractivity (Wildman–Crippen MR) is 82.2 cm³/mol. The van der Waals surface area contributed by atoms with Crippen molar-refractivity contribution in [3.05, 3.63) is 29.8 Å². The number of hydrogen-bond donors (Lipinski definition) is 2. The zero-order chi connectivity index (χ0) is 15.3. The van der Waals surface area contributed by atoms with Gasteiger partial charge in [0.1, 0.15) is 5.75 Å². The average molecular weight is 291 g/mol. The van der Waals surface area contributed by atoms with Crippen LogP contribution in [0.5, 0.6) is 5.75 Å². The topological polar surface area (TPSA) is 58.6 Å². The van der Waals surface area contributed by atoms with Gasteiger partial charge in [0.05, 0.1) is 5.60 Å². The fraction of sp³-hybridized carbons (Fsp3) is 0.588. The Hall–Kier alpha value is -1.55. The molecule has 2 N–H and O–H groups in total. The Kier molecular flexibility index (Phi) is 5.23. The molecular weight excluding hydrogens is 266 g/mol. The van der Waals surface area contributed by atoms with Gasteiger partial charge in [0, 0.05) is 6.04 Å². The average Bonchev–Trinajstić information content (AvgIpc) is 2.46. The number of rotatable bonds is 5. The Bertz CT molecular complexity index is 456. The number of hydrogen-bond acceptors (Lipinski definition) is 3. The highest BCUT2D eigenvalue weighted by Crippen LogP contribution is 2.22. The van der Waals surface area contributed by atoms with E-state index in [1.807, 2.05) is 12.1 Å². The van der Waals surface area contributed by atoms with Crippen LogP contribution >= 0.6 is 0 Å². The van der Waals surface area contributed by atoms with Crippen LogP contribution in [0.2, 0.25) is 0 Å². The van der Waals surface area contributed by atoms with Gasteiger partial charge in [-0.2, -0.15) is 0 Å². The van der Waals surface area contributed by atoms with Gasteiger partial charge < -0.3 is 15.2 Å². The van der Waals surface area contributed by atoms with E-state index in [1.54, 1.807) is 26.0 Å². The van der Waals surface area contributed by atoms with Crippen LogP contribution in [-0.2, 0) is 10.4 Å². The normalized spacial score (nSPS) is 16.5. The molecule has 1 aliphatic rings. The lowest BCUT2D eigenvalue weighted by molar-refractivity contribution is -0.124. The second-order valence-corrected chi connectivity index (χ2v) is 6.27. The van der Waals surface area contributed by atoms with E-state index in [0.717, 1.165) is 18.4 Å². The molecule has 0 heterocycles. The maximum absolute atomic E-state index is 11.8. The number of nitrogens with one attached hydrogen (secondary N) is 1. The van der Waals surface area contributed by atoms with Crippen LogP contribution in [0.4, 0.5) is 0 Å². The van der Waals surface area contributed by atoms with Gasteiger partial charge >= 0.3 is 0 Å². The van der Waals surface area contributed by atoms with E-state index >= 15 is 0 Å². The Morgan fingerprint density at radius 2 is 1.86 bits per heavy atom. The van der Waals surface area contributed by atoms with E-state index in [0.29, 0.717) is 11.8 Å². The van der Waals surface area contributed by atoms with Crippen molar-refractivity contribution in [2.24, 2.45) is 0 Å². The molecule has 0 aromatic heterocycles. The molecule has 0 spiro atoms. The maximum atomic E-state index is 11.8. The van der Waals surface area contributed by atoms with Crippen LogP contribution in [0.25, 0.3) is 0 Å². The summed E-state index contributed by atoms with van der Waals surface area (Å²) in [5.74, 6) is 0.579.